The lowest BCUT2D eigenvalue weighted by Crippen LogP contribution is -2.26. The summed E-state index contributed by atoms with van der Waals surface area (Å²) in [7, 11) is 1.62. The fourth-order valence-corrected chi connectivity index (χ4v) is 2.60. The van der Waals surface area contributed by atoms with Crippen molar-refractivity contribution in [1.82, 2.24) is 5.32 Å². The van der Waals surface area contributed by atoms with E-state index in [0.717, 1.165) is 5.56 Å². The first-order chi connectivity index (χ1) is 9.04. The molecule has 2 aliphatic heterocycles. The van der Waals surface area contributed by atoms with Crippen LogP contribution in [0.5, 0.6) is 17.2 Å². The smallest absolute Gasteiger partial charge is 0.251 e. The van der Waals surface area contributed by atoms with E-state index in [1.54, 1.807) is 13.1 Å². The average molecular weight is 263 g/mol. The van der Waals surface area contributed by atoms with Crippen LogP contribution in [0.4, 0.5) is 0 Å². The molecule has 5 nitrogen and oxygen atoms in total. The Hall–Kier alpha value is -1.91. The Morgan fingerprint density at radius 3 is 2.68 bits per heavy atom. The topological polar surface area (TPSA) is 56.8 Å². The van der Waals surface area contributed by atoms with Crippen molar-refractivity contribution >= 4 is 5.91 Å². The summed E-state index contributed by atoms with van der Waals surface area (Å²) in [5, 5.41) is 2.66. The largest absolute Gasteiger partial charge is 0.488 e. The van der Waals surface area contributed by atoms with E-state index in [0.29, 0.717) is 42.6 Å². The molecular formula is C14H17NO4. The van der Waals surface area contributed by atoms with Crippen LogP contribution in [0.2, 0.25) is 0 Å². The van der Waals surface area contributed by atoms with Crippen LogP contribution in [0.15, 0.2) is 6.07 Å². The highest BCUT2D eigenvalue weighted by Crippen LogP contribution is 2.51. The van der Waals surface area contributed by atoms with Gasteiger partial charge in [-0.3, -0.25) is 4.79 Å². The molecule has 3 rings (SSSR count). The van der Waals surface area contributed by atoms with Crippen LogP contribution >= 0.6 is 0 Å². The fraction of sp³-hybridized carbons (Fsp3) is 0.500. The van der Waals surface area contributed by atoms with Crippen molar-refractivity contribution in [3.8, 4) is 17.2 Å². The summed E-state index contributed by atoms with van der Waals surface area (Å²) in [5.41, 5.74) is 1.29. The molecule has 1 amide bonds. The minimum absolute atomic E-state index is 0.133. The molecule has 2 aliphatic rings. The summed E-state index contributed by atoms with van der Waals surface area (Å²) in [4.78, 5) is 12.1. The Morgan fingerprint density at radius 2 is 1.95 bits per heavy atom. The third-order valence-electron chi connectivity index (χ3n) is 3.51. The summed E-state index contributed by atoms with van der Waals surface area (Å²) in [6.07, 6.45) is 0. The molecule has 2 heterocycles. The Labute approximate surface area is 111 Å². The normalized spacial score (nSPS) is 18.5. The zero-order valence-electron chi connectivity index (χ0n) is 11.3. The summed E-state index contributed by atoms with van der Waals surface area (Å²) in [6.45, 7) is 5.64. The lowest BCUT2D eigenvalue weighted by atomic mass is 9.83. The van der Waals surface area contributed by atoms with Gasteiger partial charge in [0.05, 0.1) is 12.2 Å². The molecule has 0 radical (unpaired) electrons. The number of amides is 1. The minimum Gasteiger partial charge on any atom is -0.488 e. The van der Waals surface area contributed by atoms with E-state index in [1.165, 1.54) is 0 Å². The second-order valence-electron chi connectivity index (χ2n) is 5.40. The molecule has 0 saturated heterocycles. The van der Waals surface area contributed by atoms with Gasteiger partial charge >= 0.3 is 0 Å². The van der Waals surface area contributed by atoms with Gasteiger partial charge in [-0.25, -0.2) is 0 Å². The third kappa shape index (κ3) is 1.72. The Kier molecular flexibility index (Phi) is 2.59. The van der Waals surface area contributed by atoms with Gasteiger partial charge in [-0.05, 0) is 6.07 Å². The second kappa shape index (κ2) is 4.05. The zero-order chi connectivity index (χ0) is 13.6. The molecule has 0 bridgehead atoms. The number of nitrogens with one attached hydrogen (secondary N) is 1. The molecule has 0 saturated carbocycles. The molecule has 1 aromatic carbocycles. The highest BCUT2D eigenvalue weighted by Gasteiger charge is 2.40. The van der Waals surface area contributed by atoms with E-state index >= 15 is 0 Å². The summed E-state index contributed by atoms with van der Waals surface area (Å²) in [6, 6.07) is 1.75. The van der Waals surface area contributed by atoms with Gasteiger partial charge in [0.1, 0.15) is 13.2 Å². The van der Waals surface area contributed by atoms with E-state index in [4.69, 9.17) is 14.2 Å². The number of rotatable bonds is 1. The average Bonchev–Trinajstić information content (AvgIpc) is 2.74. The molecule has 102 valence electrons. The molecule has 1 N–H and O–H groups in total. The van der Waals surface area contributed by atoms with Gasteiger partial charge in [-0.15, -0.1) is 0 Å². The van der Waals surface area contributed by atoms with Gasteiger partial charge < -0.3 is 19.5 Å². The molecule has 0 fully saturated rings. The monoisotopic (exact) mass is 263 g/mol. The van der Waals surface area contributed by atoms with Gasteiger partial charge in [-0.1, -0.05) is 13.8 Å². The number of fused-ring (bicyclic) bond motifs is 3. The van der Waals surface area contributed by atoms with E-state index < -0.39 is 0 Å². The van der Waals surface area contributed by atoms with E-state index in [9.17, 15) is 4.79 Å². The standard InChI is InChI=1S/C14H17NO4/c1-14(2)7-19-12-10(14)8(13(16)15-3)6-9-11(12)18-5-4-17-9/h6H,4-5,7H2,1-3H3,(H,15,16). The van der Waals surface area contributed by atoms with Gasteiger partial charge in [0.2, 0.25) is 5.75 Å². The quantitative estimate of drug-likeness (QED) is 0.834. The predicted octanol–water partition coefficient (Wildman–Crippen LogP) is 1.49. The predicted molar refractivity (Wildman–Crippen MR) is 69.3 cm³/mol. The van der Waals surface area contributed by atoms with Crippen LogP contribution in [-0.4, -0.2) is 32.8 Å². The minimum atomic E-state index is -0.215. The fourth-order valence-electron chi connectivity index (χ4n) is 2.60. The first-order valence-electron chi connectivity index (χ1n) is 6.36. The molecular weight excluding hydrogens is 246 g/mol. The maximum atomic E-state index is 12.1. The molecule has 0 atom stereocenters. The van der Waals surface area contributed by atoms with Crippen molar-refractivity contribution in [3.63, 3.8) is 0 Å². The van der Waals surface area contributed by atoms with Crippen molar-refractivity contribution in [1.29, 1.82) is 0 Å². The van der Waals surface area contributed by atoms with Crippen LogP contribution in [0.25, 0.3) is 0 Å². The van der Waals surface area contributed by atoms with Gasteiger partial charge in [0.15, 0.2) is 11.5 Å². The summed E-state index contributed by atoms with van der Waals surface area (Å²) in [5.74, 6) is 1.73. The Morgan fingerprint density at radius 1 is 1.21 bits per heavy atom. The number of benzene rings is 1. The van der Waals surface area contributed by atoms with Gasteiger partial charge in [-0.2, -0.15) is 0 Å². The molecule has 0 aliphatic carbocycles. The lowest BCUT2D eigenvalue weighted by Gasteiger charge is -2.23. The first-order valence-corrected chi connectivity index (χ1v) is 6.36. The Balaban J connectivity index is 2.26. The third-order valence-corrected chi connectivity index (χ3v) is 3.51. The van der Waals surface area contributed by atoms with Crippen molar-refractivity contribution in [3.05, 3.63) is 17.2 Å². The van der Waals surface area contributed by atoms with Crippen LogP contribution in [0.1, 0.15) is 29.8 Å². The summed E-state index contributed by atoms with van der Waals surface area (Å²) >= 11 is 0. The Bertz CT molecular complexity index is 551. The molecule has 0 spiro atoms. The van der Waals surface area contributed by atoms with Crippen molar-refractivity contribution in [2.24, 2.45) is 0 Å². The maximum Gasteiger partial charge on any atom is 0.251 e. The highest BCUT2D eigenvalue weighted by atomic mass is 16.6. The zero-order valence-corrected chi connectivity index (χ0v) is 11.3. The SMILES string of the molecule is CNC(=O)c1cc2c(c3c1C(C)(C)CO3)OCCO2. The van der Waals surface area contributed by atoms with Crippen molar-refractivity contribution in [2.45, 2.75) is 19.3 Å². The van der Waals surface area contributed by atoms with Crippen molar-refractivity contribution < 1.29 is 19.0 Å². The number of ether oxygens (including phenoxy) is 3. The second-order valence-corrected chi connectivity index (χ2v) is 5.40. The number of carbonyl (C=O) groups is 1. The van der Waals surface area contributed by atoms with E-state index in [1.807, 2.05) is 0 Å². The van der Waals surface area contributed by atoms with Crippen LogP contribution in [0, 0.1) is 0 Å². The molecule has 0 unspecified atom stereocenters. The van der Waals surface area contributed by atoms with Crippen LogP contribution < -0.4 is 19.5 Å². The first kappa shape index (κ1) is 12.1. The molecule has 5 heteroatoms. The highest BCUT2D eigenvalue weighted by molar-refractivity contribution is 5.98. The number of hydrogen-bond donors (Lipinski definition) is 1. The van der Waals surface area contributed by atoms with Crippen LogP contribution in [0.3, 0.4) is 0 Å². The molecule has 1 aromatic rings. The van der Waals surface area contributed by atoms with E-state index in [2.05, 4.69) is 19.2 Å². The van der Waals surface area contributed by atoms with Gasteiger partial charge in [0.25, 0.3) is 5.91 Å². The molecule has 0 aromatic heterocycles. The van der Waals surface area contributed by atoms with E-state index in [-0.39, 0.29) is 11.3 Å². The molecule has 19 heavy (non-hydrogen) atoms. The number of hydrogen-bond acceptors (Lipinski definition) is 4. The maximum absolute atomic E-state index is 12.1. The van der Waals surface area contributed by atoms with Gasteiger partial charge in [0, 0.05) is 18.0 Å². The van der Waals surface area contributed by atoms with Crippen molar-refractivity contribution in [2.75, 3.05) is 26.9 Å². The summed E-state index contributed by atoms with van der Waals surface area (Å²) < 4.78 is 17.0. The number of carbonyl (C=O) groups excluding carboxylic acids is 1. The lowest BCUT2D eigenvalue weighted by molar-refractivity contribution is 0.0960. The van der Waals surface area contributed by atoms with Crippen LogP contribution in [-0.2, 0) is 5.41 Å².